The standard InChI is InChI=1S/C9H19N5O3/c1-17-9(16)11-5-3-2-4-7-8(15)12-6-14(7)13-10/h7,13H,2-6,10H2,1H3,(H,11,16)(H,12,15). The van der Waals surface area contributed by atoms with Gasteiger partial charge < -0.3 is 15.4 Å². The van der Waals surface area contributed by atoms with Gasteiger partial charge in [0.2, 0.25) is 5.91 Å². The van der Waals surface area contributed by atoms with Crippen LogP contribution in [0.4, 0.5) is 4.79 Å². The molecule has 1 unspecified atom stereocenters. The molecule has 2 amide bonds. The number of unbranched alkanes of at least 4 members (excludes halogenated alkanes) is 1. The Morgan fingerprint density at radius 1 is 1.65 bits per heavy atom. The van der Waals surface area contributed by atoms with Gasteiger partial charge in [0.25, 0.3) is 0 Å². The van der Waals surface area contributed by atoms with E-state index in [9.17, 15) is 9.59 Å². The molecule has 0 radical (unpaired) electrons. The minimum atomic E-state index is -0.436. The molecule has 8 heteroatoms. The number of nitrogens with one attached hydrogen (secondary N) is 3. The minimum Gasteiger partial charge on any atom is -0.453 e. The Hall–Kier alpha value is -1.38. The second-order valence-electron chi connectivity index (χ2n) is 3.73. The molecule has 1 fully saturated rings. The molecular formula is C9H19N5O3. The van der Waals surface area contributed by atoms with Gasteiger partial charge in [-0.25, -0.2) is 4.79 Å². The van der Waals surface area contributed by atoms with Gasteiger partial charge in [-0.05, 0) is 19.3 Å². The first-order valence-electron chi connectivity index (χ1n) is 5.51. The van der Waals surface area contributed by atoms with Crippen LogP contribution >= 0.6 is 0 Å². The quantitative estimate of drug-likeness (QED) is 0.262. The fourth-order valence-corrected chi connectivity index (χ4v) is 1.68. The molecule has 0 aromatic rings. The summed E-state index contributed by atoms with van der Waals surface area (Å²) in [5, 5.41) is 6.92. The van der Waals surface area contributed by atoms with Crippen molar-refractivity contribution in [1.29, 1.82) is 0 Å². The normalized spacial score (nSPS) is 20.1. The molecule has 0 aromatic heterocycles. The van der Waals surface area contributed by atoms with E-state index >= 15 is 0 Å². The molecule has 0 aromatic carbocycles. The zero-order valence-electron chi connectivity index (χ0n) is 9.86. The molecule has 1 aliphatic rings. The number of hydrazine groups is 2. The first-order chi connectivity index (χ1) is 8.19. The van der Waals surface area contributed by atoms with Gasteiger partial charge in [0.05, 0.1) is 13.8 Å². The summed E-state index contributed by atoms with van der Waals surface area (Å²) in [4.78, 5) is 22.2. The smallest absolute Gasteiger partial charge is 0.406 e. The van der Waals surface area contributed by atoms with Crippen LogP contribution in [0.5, 0.6) is 0 Å². The number of nitrogens with two attached hydrogens (primary N) is 1. The largest absolute Gasteiger partial charge is 0.453 e. The van der Waals surface area contributed by atoms with Crippen molar-refractivity contribution in [2.75, 3.05) is 20.3 Å². The molecule has 1 saturated heterocycles. The van der Waals surface area contributed by atoms with Crippen molar-refractivity contribution >= 4 is 12.0 Å². The average molecular weight is 245 g/mol. The van der Waals surface area contributed by atoms with Gasteiger partial charge in [0, 0.05) is 6.54 Å². The number of methoxy groups -OCH3 is 1. The summed E-state index contributed by atoms with van der Waals surface area (Å²) < 4.78 is 4.43. The maximum atomic E-state index is 11.4. The maximum Gasteiger partial charge on any atom is 0.406 e. The van der Waals surface area contributed by atoms with Gasteiger partial charge in [0.1, 0.15) is 6.04 Å². The number of nitrogens with zero attached hydrogens (tertiary/aromatic N) is 1. The van der Waals surface area contributed by atoms with E-state index in [2.05, 4.69) is 20.9 Å². The lowest BCUT2D eigenvalue weighted by Gasteiger charge is -2.19. The van der Waals surface area contributed by atoms with E-state index in [1.165, 1.54) is 7.11 Å². The Balaban J connectivity index is 2.13. The van der Waals surface area contributed by atoms with Gasteiger partial charge in [0.15, 0.2) is 0 Å². The highest BCUT2D eigenvalue weighted by atomic mass is 16.5. The minimum absolute atomic E-state index is 0.0242. The fraction of sp³-hybridized carbons (Fsp3) is 0.778. The number of hydrogen-bond acceptors (Lipinski definition) is 6. The van der Waals surface area contributed by atoms with Gasteiger partial charge in [-0.2, -0.15) is 10.5 Å². The molecular weight excluding hydrogens is 226 g/mol. The summed E-state index contributed by atoms with van der Waals surface area (Å²) in [5.41, 5.74) is 2.47. The van der Waals surface area contributed by atoms with Gasteiger partial charge in [-0.15, -0.1) is 0 Å². The summed E-state index contributed by atoms with van der Waals surface area (Å²) in [5.74, 6) is 5.26. The topological polar surface area (TPSA) is 109 Å². The molecule has 0 bridgehead atoms. The van der Waals surface area contributed by atoms with Crippen LogP contribution in [-0.4, -0.2) is 43.4 Å². The van der Waals surface area contributed by atoms with Gasteiger partial charge >= 0.3 is 6.09 Å². The number of rotatable bonds is 6. The Kier molecular flexibility index (Phi) is 5.67. The lowest BCUT2D eigenvalue weighted by Crippen LogP contribution is -2.47. The lowest BCUT2D eigenvalue weighted by atomic mass is 10.1. The highest BCUT2D eigenvalue weighted by Crippen LogP contribution is 2.10. The third-order valence-electron chi connectivity index (χ3n) is 2.63. The number of alkyl carbamates (subject to hydrolysis) is 1. The van der Waals surface area contributed by atoms with E-state index in [1.807, 2.05) is 0 Å². The van der Waals surface area contributed by atoms with Crippen molar-refractivity contribution in [2.45, 2.75) is 25.3 Å². The van der Waals surface area contributed by atoms with Gasteiger partial charge in [-0.1, -0.05) is 0 Å². The van der Waals surface area contributed by atoms with Crippen molar-refractivity contribution in [3.63, 3.8) is 0 Å². The van der Waals surface area contributed by atoms with Crippen LogP contribution in [0.2, 0.25) is 0 Å². The molecule has 1 atom stereocenters. The number of hydrogen-bond donors (Lipinski definition) is 4. The monoisotopic (exact) mass is 245 g/mol. The summed E-state index contributed by atoms with van der Waals surface area (Å²) in [6, 6.07) is -0.238. The Morgan fingerprint density at radius 3 is 3.06 bits per heavy atom. The molecule has 98 valence electrons. The molecule has 1 rings (SSSR count). The SMILES string of the molecule is COC(=O)NCCCCC1C(=O)NCN1NN. The number of carbonyl (C=O) groups excluding carboxylic acids is 2. The van der Waals surface area contributed by atoms with Crippen molar-refractivity contribution in [3.05, 3.63) is 0 Å². The van der Waals surface area contributed by atoms with Crippen LogP contribution in [0.25, 0.3) is 0 Å². The van der Waals surface area contributed by atoms with Crippen LogP contribution < -0.4 is 22.0 Å². The molecule has 0 spiro atoms. The zero-order valence-corrected chi connectivity index (χ0v) is 9.86. The Bertz CT molecular complexity index is 273. The summed E-state index contributed by atoms with van der Waals surface area (Å²) in [7, 11) is 1.32. The second kappa shape index (κ2) is 7.05. The first kappa shape index (κ1) is 13.7. The van der Waals surface area contributed by atoms with Crippen LogP contribution in [0.3, 0.4) is 0 Å². The molecule has 17 heavy (non-hydrogen) atoms. The molecule has 0 aliphatic carbocycles. The third kappa shape index (κ3) is 4.17. The molecule has 8 nitrogen and oxygen atoms in total. The average Bonchev–Trinajstić information content (AvgIpc) is 2.69. The van der Waals surface area contributed by atoms with E-state index in [-0.39, 0.29) is 11.9 Å². The van der Waals surface area contributed by atoms with Crippen LogP contribution in [0.15, 0.2) is 0 Å². The Labute approximate surface area is 99.8 Å². The Morgan fingerprint density at radius 2 is 2.41 bits per heavy atom. The van der Waals surface area contributed by atoms with Crippen molar-refractivity contribution in [3.8, 4) is 0 Å². The second-order valence-corrected chi connectivity index (χ2v) is 3.73. The first-order valence-corrected chi connectivity index (χ1v) is 5.51. The number of ether oxygens (including phenoxy) is 1. The molecule has 1 heterocycles. The highest BCUT2D eigenvalue weighted by Gasteiger charge is 2.30. The number of carbonyl (C=O) groups is 2. The van der Waals surface area contributed by atoms with Crippen molar-refractivity contribution < 1.29 is 14.3 Å². The predicted molar refractivity (Wildman–Crippen MR) is 60.2 cm³/mol. The predicted octanol–water partition coefficient (Wildman–Crippen LogP) is -1.35. The van der Waals surface area contributed by atoms with E-state index in [0.717, 1.165) is 12.8 Å². The van der Waals surface area contributed by atoms with E-state index in [4.69, 9.17) is 5.84 Å². The van der Waals surface area contributed by atoms with Crippen molar-refractivity contribution in [1.82, 2.24) is 21.2 Å². The lowest BCUT2D eigenvalue weighted by molar-refractivity contribution is -0.122. The molecule has 1 aliphatic heterocycles. The summed E-state index contributed by atoms with van der Waals surface area (Å²) in [6.07, 6.45) is 1.87. The van der Waals surface area contributed by atoms with E-state index in [0.29, 0.717) is 19.6 Å². The van der Waals surface area contributed by atoms with E-state index in [1.54, 1.807) is 5.01 Å². The van der Waals surface area contributed by atoms with Crippen LogP contribution in [0, 0.1) is 0 Å². The van der Waals surface area contributed by atoms with Crippen LogP contribution in [0.1, 0.15) is 19.3 Å². The third-order valence-corrected chi connectivity index (χ3v) is 2.63. The number of amides is 2. The van der Waals surface area contributed by atoms with E-state index < -0.39 is 6.09 Å². The van der Waals surface area contributed by atoms with Gasteiger partial charge in [-0.3, -0.25) is 10.6 Å². The molecule has 5 N–H and O–H groups in total. The fourth-order valence-electron chi connectivity index (χ4n) is 1.68. The highest BCUT2D eigenvalue weighted by molar-refractivity contribution is 5.83. The zero-order chi connectivity index (χ0) is 12.7. The summed E-state index contributed by atoms with van der Waals surface area (Å²) >= 11 is 0. The maximum absolute atomic E-state index is 11.4. The summed E-state index contributed by atoms with van der Waals surface area (Å²) in [6.45, 7) is 0.956. The molecule has 0 saturated carbocycles. The van der Waals surface area contributed by atoms with Crippen molar-refractivity contribution in [2.24, 2.45) is 5.84 Å². The van der Waals surface area contributed by atoms with Crippen LogP contribution in [-0.2, 0) is 9.53 Å².